The predicted molar refractivity (Wildman–Crippen MR) is 80.9 cm³/mol. The Bertz CT molecular complexity index is 497. The fourth-order valence-corrected chi connectivity index (χ4v) is 2.60. The summed E-state index contributed by atoms with van der Waals surface area (Å²) in [5, 5.41) is 0. The molecule has 113 valence electrons. The Morgan fingerprint density at radius 1 is 1.19 bits per heavy atom. The van der Waals surface area contributed by atoms with Gasteiger partial charge in [0.25, 0.3) is 0 Å². The number of carbonyl (C=O) groups is 1. The van der Waals surface area contributed by atoms with Crippen LogP contribution >= 0.6 is 0 Å². The quantitative estimate of drug-likeness (QED) is 0.840. The van der Waals surface area contributed by atoms with Crippen LogP contribution in [0.25, 0.3) is 0 Å². The van der Waals surface area contributed by atoms with E-state index >= 15 is 0 Å². The smallest absolute Gasteiger partial charge is 0.410 e. The van der Waals surface area contributed by atoms with Gasteiger partial charge in [-0.3, -0.25) is 4.79 Å². The number of piperidine rings is 1. The van der Waals surface area contributed by atoms with Gasteiger partial charge in [0.1, 0.15) is 5.60 Å². The van der Waals surface area contributed by atoms with E-state index in [0.29, 0.717) is 25.9 Å². The molecule has 1 heterocycles. The highest BCUT2D eigenvalue weighted by atomic mass is 16.6. The number of hydrogen-bond donors (Lipinski definition) is 0. The van der Waals surface area contributed by atoms with Crippen molar-refractivity contribution in [3.8, 4) is 0 Å². The molecular weight excluding hydrogens is 266 g/mol. The van der Waals surface area contributed by atoms with E-state index in [4.69, 9.17) is 4.74 Å². The van der Waals surface area contributed by atoms with Crippen LogP contribution in [-0.4, -0.2) is 36.0 Å². The zero-order valence-electron chi connectivity index (χ0n) is 12.9. The Hall–Kier alpha value is -1.84. The summed E-state index contributed by atoms with van der Waals surface area (Å²) in [6.07, 6.45) is 3.07. The number of ether oxygens (including phenoxy) is 1. The molecule has 1 saturated heterocycles. The van der Waals surface area contributed by atoms with Crippen molar-refractivity contribution in [2.75, 3.05) is 13.1 Å². The number of benzene rings is 1. The molecule has 0 saturated carbocycles. The van der Waals surface area contributed by atoms with Crippen LogP contribution in [0.3, 0.4) is 0 Å². The van der Waals surface area contributed by atoms with Gasteiger partial charge in [-0.2, -0.15) is 0 Å². The first-order chi connectivity index (χ1) is 9.86. The van der Waals surface area contributed by atoms with Crippen molar-refractivity contribution in [3.63, 3.8) is 0 Å². The lowest BCUT2D eigenvalue weighted by Gasteiger charge is -2.38. The molecule has 0 N–H and O–H groups in total. The van der Waals surface area contributed by atoms with Crippen LogP contribution in [0.5, 0.6) is 0 Å². The molecule has 2 rings (SSSR count). The average Bonchev–Trinajstić information content (AvgIpc) is 2.46. The second-order valence-corrected chi connectivity index (χ2v) is 6.52. The first-order valence-electron chi connectivity index (χ1n) is 7.29. The lowest BCUT2D eigenvalue weighted by atomic mass is 9.74. The van der Waals surface area contributed by atoms with Gasteiger partial charge in [0.2, 0.25) is 6.29 Å². The maximum absolute atomic E-state index is 12.1. The highest BCUT2D eigenvalue weighted by molar-refractivity contribution is 5.72. The van der Waals surface area contributed by atoms with Crippen LogP contribution < -0.4 is 0 Å². The van der Waals surface area contributed by atoms with Gasteiger partial charge >= 0.3 is 6.09 Å². The van der Waals surface area contributed by atoms with Crippen LogP contribution in [0.1, 0.15) is 39.2 Å². The highest BCUT2D eigenvalue weighted by Gasteiger charge is 2.39. The van der Waals surface area contributed by atoms with Gasteiger partial charge in [0.15, 0.2) is 0 Å². The summed E-state index contributed by atoms with van der Waals surface area (Å²) in [5.74, 6) is 0. The molecule has 1 aliphatic heterocycles. The summed E-state index contributed by atoms with van der Waals surface area (Å²) in [7, 11) is 0. The van der Waals surface area contributed by atoms with Crippen molar-refractivity contribution in [3.05, 3.63) is 35.9 Å². The van der Waals surface area contributed by atoms with E-state index in [2.05, 4.69) is 6.29 Å². The number of amides is 1. The Morgan fingerprint density at radius 3 is 2.24 bits per heavy atom. The fraction of sp³-hybridized carbons (Fsp3) is 0.529. The third-order valence-electron chi connectivity index (χ3n) is 3.79. The second-order valence-electron chi connectivity index (χ2n) is 6.52. The molecule has 1 aromatic carbocycles. The van der Waals surface area contributed by atoms with Crippen molar-refractivity contribution in [1.29, 1.82) is 0 Å². The highest BCUT2D eigenvalue weighted by Crippen LogP contribution is 2.34. The first-order valence-corrected chi connectivity index (χ1v) is 7.29. The molecule has 1 aromatic rings. The topological polar surface area (TPSA) is 46.6 Å². The minimum atomic E-state index is -0.597. The van der Waals surface area contributed by atoms with Crippen molar-refractivity contribution in [1.82, 2.24) is 4.90 Å². The molecule has 4 heteroatoms. The maximum atomic E-state index is 12.1. The predicted octanol–water partition coefficient (Wildman–Crippen LogP) is 3.07. The largest absolute Gasteiger partial charge is 0.444 e. The fourth-order valence-electron chi connectivity index (χ4n) is 2.60. The Kier molecular flexibility index (Phi) is 4.35. The monoisotopic (exact) mass is 288 g/mol. The van der Waals surface area contributed by atoms with Crippen molar-refractivity contribution < 1.29 is 14.3 Å². The van der Waals surface area contributed by atoms with E-state index in [1.54, 1.807) is 4.90 Å². The Morgan fingerprint density at radius 2 is 1.76 bits per heavy atom. The normalized spacial score (nSPS) is 18.1. The van der Waals surface area contributed by atoms with E-state index in [9.17, 15) is 9.59 Å². The van der Waals surface area contributed by atoms with Crippen molar-refractivity contribution in [2.45, 2.75) is 44.6 Å². The van der Waals surface area contributed by atoms with Crippen LogP contribution in [0.4, 0.5) is 4.79 Å². The molecule has 0 aliphatic carbocycles. The van der Waals surface area contributed by atoms with Crippen molar-refractivity contribution in [2.24, 2.45) is 0 Å². The minimum absolute atomic E-state index is 0.310. The standard InChI is InChI=1S/C17H22NO3/c1-16(2,3)21-15(20)18-11-9-17(13-19,10-12-18)14-7-5-4-6-8-14/h4-8H,9-12H2,1-3H3. The van der Waals surface area contributed by atoms with Crippen LogP contribution in [-0.2, 0) is 14.9 Å². The summed E-state index contributed by atoms with van der Waals surface area (Å²) < 4.78 is 5.37. The summed E-state index contributed by atoms with van der Waals surface area (Å²) >= 11 is 0. The van der Waals surface area contributed by atoms with E-state index in [-0.39, 0.29) is 6.09 Å². The molecular formula is C17H22NO3. The number of hydrogen-bond acceptors (Lipinski definition) is 3. The lowest BCUT2D eigenvalue weighted by Crippen LogP contribution is -2.47. The second kappa shape index (κ2) is 5.88. The third kappa shape index (κ3) is 3.63. The molecule has 1 amide bonds. The van der Waals surface area contributed by atoms with Crippen LogP contribution in [0, 0.1) is 0 Å². The molecule has 1 fully saturated rings. The Labute approximate surface area is 126 Å². The van der Waals surface area contributed by atoms with Gasteiger partial charge in [0, 0.05) is 13.1 Å². The van der Waals surface area contributed by atoms with Gasteiger partial charge in [-0.15, -0.1) is 0 Å². The van der Waals surface area contributed by atoms with Crippen molar-refractivity contribution >= 4 is 12.4 Å². The van der Waals surface area contributed by atoms with Gasteiger partial charge in [-0.25, -0.2) is 4.79 Å². The molecule has 1 aliphatic rings. The third-order valence-corrected chi connectivity index (χ3v) is 3.79. The minimum Gasteiger partial charge on any atom is -0.444 e. The van der Waals surface area contributed by atoms with E-state index in [1.165, 1.54) is 0 Å². The number of nitrogens with zero attached hydrogens (tertiary/aromatic N) is 1. The van der Waals surface area contributed by atoms with E-state index in [1.807, 2.05) is 51.1 Å². The van der Waals surface area contributed by atoms with Gasteiger partial charge in [0.05, 0.1) is 5.41 Å². The summed E-state index contributed by atoms with van der Waals surface area (Å²) in [6.45, 7) is 6.57. The maximum Gasteiger partial charge on any atom is 0.410 e. The summed E-state index contributed by atoms with van der Waals surface area (Å²) in [5.41, 5.74) is -0.120. The molecule has 1 radical (unpaired) electrons. The number of carbonyl (C=O) groups excluding carboxylic acids is 2. The number of likely N-dealkylation sites (tertiary alicyclic amines) is 1. The molecule has 0 atom stereocenters. The van der Waals surface area contributed by atoms with Crippen LogP contribution in [0.15, 0.2) is 30.3 Å². The van der Waals surface area contributed by atoms with Gasteiger partial charge in [-0.1, -0.05) is 30.3 Å². The zero-order chi connectivity index (χ0) is 15.5. The molecule has 21 heavy (non-hydrogen) atoms. The summed E-state index contributed by atoms with van der Waals surface area (Å²) in [4.78, 5) is 25.3. The Balaban J connectivity index is 2.05. The van der Waals surface area contributed by atoms with Gasteiger partial charge in [-0.05, 0) is 39.2 Å². The molecule has 0 unspecified atom stereocenters. The number of rotatable bonds is 2. The summed E-state index contributed by atoms with van der Waals surface area (Å²) in [6, 6.07) is 9.68. The average molecular weight is 288 g/mol. The SMILES string of the molecule is CC(C)(C)OC(=O)N1CCC([C]=O)(c2ccccc2)CC1. The molecule has 0 aromatic heterocycles. The van der Waals surface area contributed by atoms with Gasteiger partial charge < -0.3 is 9.64 Å². The molecule has 0 spiro atoms. The van der Waals surface area contributed by atoms with E-state index < -0.39 is 11.0 Å². The molecule has 0 bridgehead atoms. The van der Waals surface area contributed by atoms with Crippen LogP contribution in [0.2, 0.25) is 0 Å². The molecule has 4 nitrogen and oxygen atoms in total. The lowest BCUT2D eigenvalue weighted by molar-refractivity contribution is 0.0188. The first kappa shape index (κ1) is 15.5. The zero-order valence-corrected chi connectivity index (χ0v) is 12.9. The van der Waals surface area contributed by atoms with E-state index in [0.717, 1.165) is 5.56 Å².